The fourth-order valence-electron chi connectivity index (χ4n) is 2.99. The maximum absolute atomic E-state index is 14.5. The second-order valence-electron chi connectivity index (χ2n) is 6.70. The maximum atomic E-state index is 14.5. The predicted octanol–water partition coefficient (Wildman–Crippen LogP) is 6.95. The van der Waals surface area contributed by atoms with Crippen molar-refractivity contribution >= 4 is 40.9 Å². The normalized spacial score (nSPS) is 12.8. The van der Waals surface area contributed by atoms with Crippen molar-refractivity contribution in [3.63, 3.8) is 0 Å². The summed E-state index contributed by atoms with van der Waals surface area (Å²) in [4.78, 5) is 14.8. The lowest BCUT2D eigenvalue weighted by Gasteiger charge is -2.31. The minimum atomic E-state index is -6.30. The molecule has 3 rings (SSSR count). The Kier molecular flexibility index (Phi) is 6.86. The van der Waals surface area contributed by atoms with E-state index in [1.54, 1.807) is 0 Å². The van der Waals surface area contributed by atoms with Crippen molar-refractivity contribution in [1.82, 2.24) is 14.8 Å². The molecule has 2 heterocycles. The first-order valence-electron chi connectivity index (χ1n) is 8.76. The topological polar surface area (TPSA) is 68.0 Å². The molecule has 0 saturated carbocycles. The second-order valence-corrected chi connectivity index (χ2v) is 8.32. The number of pyridine rings is 1. The molecule has 2 aromatic heterocycles. The Bertz CT molecular complexity index is 1250. The fraction of sp³-hybridized carbons (Fsp3) is 0.211. The van der Waals surface area contributed by atoms with Gasteiger partial charge in [0, 0.05) is 34.0 Å². The first-order chi connectivity index (χ1) is 15.6. The lowest BCUT2D eigenvalue weighted by Crippen LogP contribution is -2.50. The monoisotopic (exact) mass is 547 g/mol. The quantitative estimate of drug-likeness (QED) is 0.212. The highest BCUT2D eigenvalue weighted by molar-refractivity contribution is 7.98. The smallest absolute Gasteiger partial charge is 0.435 e. The van der Waals surface area contributed by atoms with Crippen molar-refractivity contribution < 1.29 is 40.6 Å². The van der Waals surface area contributed by atoms with Crippen LogP contribution in [0.4, 0.5) is 30.7 Å². The van der Waals surface area contributed by atoms with Gasteiger partial charge in [-0.05, 0) is 24.5 Å². The van der Waals surface area contributed by atoms with E-state index in [2.05, 4.69) is 10.1 Å². The van der Waals surface area contributed by atoms with Crippen LogP contribution in [0.3, 0.4) is 0 Å². The molecular formula is C19H10Cl2F7N3O2S. The minimum Gasteiger partial charge on any atom is -0.478 e. The molecule has 0 aliphatic rings. The Balaban J connectivity index is 2.14. The lowest BCUT2D eigenvalue weighted by molar-refractivity contribution is -0.348. The Morgan fingerprint density at radius 3 is 2.15 bits per heavy atom. The van der Waals surface area contributed by atoms with E-state index in [4.69, 9.17) is 23.2 Å². The van der Waals surface area contributed by atoms with Gasteiger partial charge in [-0.15, -0.1) is 11.8 Å². The van der Waals surface area contributed by atoms with E-state index in [-0.39, 0.29) is 38.5 Å². The van der Waals surface area contributed by atoms with Gasteiger partial charge in [0.2, 0.25) is 0 Å². The number of benzene rings is 1. The molecule has 0 bridgehead atoms. The number of hydrogen-bond donors (Lipinski definition) is 1. The van der Waals surface area contributed by atoms with Crippen LogP contribution in [0.5, 0.6) is 0 Å². The molecule has 0 saturated heterocycles. The molecule has 1 aromatic carbocycles. The number of halogens is 9. The Morgan fingerprint density at radius 2 is 1.62 bits per heavy atom. The van der Waals surface area contributed by atoms with Gasteiger partial charge in [-0.1, -0.05) is 23.2 Å². The molecule has 182 valence electrons. The van der Waals surface area contributed by atoms with Gasteiger partial charge >= 0.3 is 24.0 Å². The summed E-state index contributed by atoms with van der Waals surface area (Å²) in [5, 5.41) is 12.3. The number of aromatic carboxylic acids is 1. The van der Waals surface area contributed by atoms with Gasteiger partial charge in [-0.25, -0.2) is 18.9 Å². The molecule has 0 aliphatic heterocycles. The van der Waals surface area contributed by atoms with Crippen molar-refractivity contribution in [3.05, 3.63) is 58.1 Å². The highest BCUT2D eigenvalue weighted by Crippen LogP contribution is 2.54. The number of rotatable bonds is 5. The third kappa shape index (κ3) is 4.43. The average Bonchev–Trinajstić information content (AvgIpc) is 3.20. The van der Waals surface area contributed by atoms with Crippen molar-refractivity contribution in [1.29, 1.82) is 0 Å². The van der Waals surface area contributed by atoms with Gasteiger partial charge in [0.1, 0.15) is 5.15 Å². The summed E-state index contributed by atoms with van der Waals surface area (Å²) in [6.07, 6.45) is -7.50. The van der Waals surface area contributed by atoms with Crippen LogP contribution in [0.2, 0.25) is 10.2 Å². The number of aromatic nitrogens is 3. The van der Waals surface area contributed by atoms with Gasteiger partial charge in [-0.3, -0.25) is 0 Å². The highest BCUT2D eigenvalue weighted by Gasteiger charge is 2.73. The van der Waals surface area contributed by atoms with Crippen LogP contribution in [0, 0.1) is 0 Å². The molecule has 0 spiro atoms. The van der Waals surface area contributed by atoms with Crippen molar-refractivity contribution in [2.45, 2.75) is 22.9 Å². The second kappa shape index (κ2) is 8.93. The molecule has 0 atom stereocenters. The number of nitrogens with zero attached hydrogens (tertiary/aromatic N) is 3. The van der Waals surface area contributed by atoms with Crippen LogP contribution < -0.4 is 0 Å². The number of alkyl halides is 7. The highest BCUT2D eigenvalue weighted by atomic mass is 35.5. The molecule has 0 aliphatic carbocycles. The molecule has 0 radical (unpaired) electrons. The van der Waals surface area contributed by atoms with E-state index in [0.29, 0.717) is 17.8 Å². The third-order valence-corrected chi connectivity index (χ3v) is 5.98. The molecule has 15 heteroatoms. The van der Waals surface area contributed by atoms with Gasteiger partial charge in [-0.2, -0.15) is 31.4 Å². The van der Waals surface area contributed by atoms with E-state index in [1.165, 1.54) is 30.9 Å². The standard InChI is InChI=1S/C19H10Cl2F7N3O2S/c1-34-13-4-10(17(22,18(23,24)25)19(26,27)28)3-12(20)14(13)31-7-9(6-30-31)8-2-11(16(32)33)15(21)29-5-8/h2-7H,1H3,(H,32,33). The Hall–Kier alpha value is -2.51. The van der Waals surface area contributed by atoms with Gasteiger partial charge in [0.25, 0.3) is 0 Å². The van der Waals surface area contributed by atoms with Crippen LogP contribution in [-0.4, -0.2) is 44.4 Å². The first kappa shape index (κ1) is 26.1. The lowest BCUT2D eigenvalue weighted by atomic mass is 9.94. The third-order valence-electron chi connectivity index (χ3n) is 4.64. The molecule has 3 aromatic rings. The van der Waals surface area contributed by atoms with Crippen molar-refractivity contribution in [3.8, 4) is 16.8 Å². The SMILES string of the molecule is CSc1cc(C(F)(C(F)(F)F)C(F)(F)F)cc(Cl)c1-n1cc(-c2cnc(Cl)c(C(=O)O)c2)cn1. The van der Waals surface area contributed by atoms with Gasteiger partial charge in [0.15, 0.2) is 0 Å². The number of hydrogen-bond acceptors (Lipinski definition) is 4. The van der Waals surface area contributed by atoms with E-state index in [9.17, 15) is 40.6 Å². The summed E-state index contributed by atoms with van der Waals surface area (Å²) in [5.41, 5.74) is -7.27. The Morgan fingerprint density at radius 1 is 1.00 bits per heavy atom. The van der Waals surface area contributed by atoms with E-state index >= 15 is 0 Å². The van der Waals surface area contributed by atoms with Gasteiger partial charge in [0.05, 0.1) is 22.5 Å². The molecular weight excluding hydrogens is 538 g/mol. The molecule has 34 heavy (non-hydrogen) atoms. The Labute approximate surface area is 200 Å². The summed E-state index contributed by atoms with van der Waals surface area (Å²) in [5.74, 6) is -1.35. The molecule has 0 amide bonds. The number of thioether (sulfide) groups is 1. The van der Waals surface area contributed by atoms with E-state index in [0.717, 1.165) is 4.68 Å². The summed E-state index contributed by atoms with van der Waals surface area (Å²) in [6, 6.07) is 1.84. The zero-order valence-corrected chi connectivity index (χ0v) is 18.8. The first-order valence-corrected chi connectivity index (χ1v) is 10.7. The van der Waals surface area contributed by atoms with Crippen LogP contribution in [0.1, 0.15) is 15.9 Å². The largest absolute Gasteiger partial charge is 0.478 e. The van der Waals surface area contributed by atoms with Crippen LogP contribution in [0.15, 0.2) is 41.7 Å². The molecule has 0 unspecified atom stereocenters. The molecule has 0 fully saturated rings. The number of carboxylic acids is 1. The van der Waals surface area contributed by atoms with Crippen LogP contribution in [0.25, 0.3) is 16.8 Å². The summed E-state index contributed by atoms with van der Waals surface area (Å²) < 4.78 is 94.6. The van der Waals surface area contributed by atoms with E-state index < -0.39 is 34.6 Å². The summed E-state index contributed by atoms with van der Waals surface area (Å²) in [6.45, 7) is 0. The van der Waals surface area contributed by atoms with Crippen LogP contribution >= 0.6 is 35.0 Å². The van der Waals surface area contributed by atoms with Crippen LogP contribution in [-0.2, 0) is 5.67 Å². The molecule has 5 nitrogen and oxygen atoms in total. The van der Waals surface area contributed by atoms with Crippen molar-refractivity contribution in [2.75, 3.05) is 6.26 Å². The minimum absolute atomic E-state index is 0.115. The summed E-state index contributed by atoms with van der Waals surface area (Å²) in [7, 11) is 0. The zero-order valence-electron chi connectivity index (χ0n) is 16.5. The number of carboxylic acid groups (broad SMARTS) is 1. The van der Waals surface area contributed by atoms with Crippen molar-refractivity contribution in [2.24, 2.45) is 0 Å². The molecule has 1 N–H and O–H groups in total. The fourth-order valence-corrected chi connectivity index (χ4v) is 4.18. The summed E-state index contributed by atoms with van der Waals surface area (Å²) >= 11 is 12.5. The zero-order chi connectivity index (χ0) is 25.6. The predicted molar refractivity (Wildman–Crippen MR) is 110 cm³/mol. The van der Waals surface area contributed by atoms with Gasteiger partial charge < -0.3 is 5.11 Å². The maximum Gasteiger partial charge on any atom is 0.435 e. The number of carbonyl (C=O) groups is 1. The van der Waals surface area contributed by atoms with E-state index in [1.807, 2.05) is 0 Å². The average molecular weight is 548 g/mol.